The highest BCUT2D eigenvalue weighted by Crippen LogP contribution is 2.08. The third kappa shape index (κ3) is 3.79. The van der Waals surface area contributed by atoms with Crippen molar-refractivity contribution >= 4 is 10.0 Å². The second-order valence-electron chi connectivity index (χ2n) is 3.66. The summed E-state index contributed by atoms with van der Waals surface area (Å²) in [5, 5.41) is 3.14. The fraction of sp³-hybridized carbons (Fsp3) is 0.700. The Kier molecular flexibility index (Phi) is 5.10. The monoisotopic (exact) mass is 260 g/mol. The number of hydrogen-bond donors (Lipinski definition) is 2. The minimum Gasteiger partial charge on any atom is -0.334 e. The third-order valence-electron chi connectivity index (χ3n) is 2.41. The fourth-order valence-corrected chi connectivity index (χ4v) is 2.49. The van der Waals surface area contributed by atoms with Gasteiger partial charge in [0.05, 0.1) is 0 Å². The molecular formula is C10H20N4O2S. The van der Waals surface area contributed by atoms with Crippen LogP contribution < -0.4 is 10.0 Å². The number of nitrogens with zero attached hydrogens (tertiary/aromatic N) is 2. The molecule has 0 aliphatic heterocycles. The lowest BCUT2D eigenvalue weighted by Crippen LogP contribution is -2.32. The highest BCUT2D eigenvalue weighted by molar-refractivity contribution is 7.89. The molecule has 0 aliphatic carbocycles. The molecule has 0 aliphatic rings. The summed E-state index contributed by atoms with van der Waals surface area (Å²) in [6.45, 7) is 8.24. The maximum atomic E-state index is 11.9. The molecule has 0 bridgehead atoms. The number of aromatic nitrogens is 2. The van der Waals surface area contributed by atoms with Crippen LogP contribution in [-0.2, 0) is 16.6 Å². The molecule has 17 heavy (non-hydrogen) atoms. The van der Waals surface area contributed by atoms with Gasteiger partial charge < -0.3 is 9.88 Å². The van der Waals surface area contributed by atoms with Crippen molar-refractivity contribution in [1.29, 1.82) is 0 Å². The van der Waals surface area contributed by atoms with Gasteiger partial charge in [-0.05, 0) is 20.4 Å². The lowest BCUT2D eigenvalue weighted by atomic mass is 10.6. The first-order valence-corrected chi connectivity index (χ1v) is 7.23. The molecule has 0 saturated carbocycles. The normalized spacial score (nSPS) is 11.9. The number of hydrogen-bond acceptors (Lipinski definition) is 4. The van der Waals surface area contributed by atoms with Gasteiger partial charge in [-0.15, -0.1) is 0 Å². The van der Waals surface area contributed by atoms with Gasteiger partial charge in [-0.3, -0.25) is 0 Å². The molecule has 0 aromatic carbocycles. The highest BCUT2D eigenvalue weighted by atomic mass is 32.2. The van der Waals surface area contributed by atoms with Crippen LogP contribution in [0.4, 0.5) is 0 Å². The maximum Gasteiger partial charge on any atom is 0.259 e. The standard InChI is InChI=1S/C10H20N4O2S/c1-4-11-6-7-12-17(15,16)10-8-14(5-2)9(3)13-10/h8,11-12H,4-7H2,1-3H3. The fourth-order valence-electron chi connectivity index (χ4n) is 1.45. The van der Waals surface area contributed by atoms with Crippen molar-refractivity contribution in [2.45, 2.75) is 32.3 Å². The molecule has 0 fully saturated rings. The lowest BCUT2D eigenvalue weighted by Gasteiger charge is -2.04. The van der Waals surface area contributed by atoms with E-state index in [1.54, 1.807) is 17.7 Å². The molecule has 6 nitrogen and oxygen atoms in total. The summed E-state index contributed by atoms with van der Waals surface area (Å²) in [4.78, 5) is 4.04. The van der Waals surface area contributed by atoms with Gasteiger partial charge in [0.2, 0.25) is 0 Å². The number of nitrogens with one attached hydrogen (secondary N) is 2. The maximum absolute atomic E-state index is 11.9. The van der Waals surface area contributed by atoms with Crippen molar-refractivity contribution in [3.05, 3.63) is 12.0 Å². The van der Waals surface area contributed by atoms with Gasteiger partial charge in [0, 0.05) is 25.8 Å². The molecule has 1 heterocycles. The van der Waals surface area contributed by atoms with Gasteiger partial charge in [0.25, 0.3) is 10.0 Å². The number of likely N-dealkylation sites (N-methyl/N-ethyl adjacent to an activating group) is 1. The molecule has 0 atom stereocenters. The first-order valence-electron chi connectivity index (χ1n) is 5.75. The molecule has 1 aromatic heterocycles. The molecule has 0 amide bonds. The van der Waals surface area contributed by atoms with Crippen molar-refractivity contribution < 1.29 is 8.42 Å². The summed E-state index contributed by atoms with van der Waals surface area (Å²) in [6, 6.07) is 0. The van der Waals surface area contributed by atoms with Crippen LogP contribution >= 0.6 is 0 Å². The smallest absolute Gasteiger partial charge is 0.259 e. The Morgan fingerprint density at radius 2 is 2.06 bits per heavy atom. The van der Waals surface area contributed by atoms with Crippen LogP contribution in [0.3, 0.4) is 0 Å². The molecular weight excluding hydrogens is 240 g/mol. The average Bonchev–Trinajstić information content (AvgIpc) is 2.67. The van der Waals surface area contributed by atoms with Gasteiger partial charge in [-0.1, -0.05) is 6.92 Å². The minimum absolute atomic E-state index is 0.0911. The van der Waals surface area contributed by atoms with Crippen LogP contribution in [0.1, 0.15) is 19.7 Å². The molecule has 1 rings (SSSR count). The topological polar surface area (TPSA) is 76.0 Å². The van der Waals surface area contributed by atoms with Crippen molar-refractivity contribution in [3.8, 4) is 0 Å². The predicted octanol–water partition coefficient (Wildman–Crippen LogP) is 0.0992. The van der Waals surface area contributed by atoms with Crippen LogP contribution in [0.25, 0.3) is 0 Å². The van der Waals surface area contributed by atoms with E-state index in [0.717, 1.165) is 6.54 Å². The largest absolute Gasteiger partial charge is 0.334 e. The van der Waals surface area contributed by atoms with Crippen molar-refractivity contribution in [1.82, 2.24) is 19.6 Å². The van der Waals surface area contributed by atoms with Crippen LogP contribution in [0.15, 0.2) is 11.2 Å². The summed E-state index contributed by atoms with van der Waals surface area (Å²) in [5.74, 6) is 0.708. The van der Waals surface area contributed by atoms with Crippen molar-refractivity contribution in [2.75, 3.05) is 19.6 Å². The van der Waals surface area contributed by atoms with E-state index in [4.69, 9.17) is 0 Å². The Hall–Kier alpha value is -0.920. The van der Waals surface area contributed by atoms with E-state index in [2.05, 4.69) is 15.0 Å². The Morgan fingerprint density at radius 3 is 2.59 bits per heavy atom. The lowest BCUT2D eigenvalue weighted by molar-refractivity contribution is 0.574. The Morgan fingerprint density at radius 1 is 1.35 bits per heavy atom. The summed E-state index contributed by atoms with van der Waals surface area (Å²) < 4.78 is 28.0. The van der Waals surface area contributed by atoms with Gasteiger partial charge in [-0.2, -0.15) is 0 Å². The van der Waals surface area contributed by atoms with E-state index in [9.17, 15) is 8.42 Å². The summed E-state index contributed by atoms with van der Waals surface area (Å²) in [6.07, 6.45) is 1.56. The highest BCUT2D eigenvalue weighted by Gasteiger charge is 2.17. The molecule has 2 N–H and O–H groups in total. The Labute approximate surface area is 102 Å². The SMILES string of the molecule is CCNCCNS(=O)(=O)c1cn(CC)c(C)n1. The number of aryl methyl sites for hydroxylation is 2. The van der Waals surface area contributed by atoms with E-state index in [1.807, 2.05) is 13.8 Å². The number of imidazole rings is 1. The van der Waals surface area contributed by atoms with Gasteiger partial charge >= 0.3 is 0 Å². The van der Waals surface area contributed by atoms with E-state index in [-0.39, 0.29) is 5.03 Å². The minimum atomic E-state index is -3.47. The zero-order valence-electron chi connectivity index (χ0n) is 10.5. The van der Waals surface area contributed by atoms with E-state index in [1.165, 1.54) is 0 Å². The summed E-state index contributed by atoms with van der Waals surface area (Å²) in [5.41, 5.74) is 0. The van der Waals surface area contributed by atoms with Crippen LogP contribution in [0.5, 0.6) is 0 Å². The second kappa shape index (κ2) is 6.13. The van der Waals surface area contributed by atoms with Crippen LogP contribution in [0, 0.1) is 6.92 Å². The average molecular weight is 260 g/mol. The van der Waals surface area contributed by atoms with Crippen molar-refractivity contribution in [2.24, 2.45) is 0 Å². The summed E-state index contributed by atoms with van der Waals surface area (Å²) >= 11 is 0. The van der Waals surface area contributed by atoms with Crippen LogP contribution in [-0.4, -0.2) is 37.6 Å². The van der Waals surface area contributed by atoms with E-state index in [0.29, 0.717) is 25.5 Å². The molecule has 98 valence electrons. The molecule has 0 radical (unpaired) electrons. The van der Waals surface area contributed by atoms with Gasteiger partial charge in [0.1, 0.15) is 5.82 Å². The van der Waals surface area contributed by atoms with Crippen molar-refractivity contribution in [3.63, 3.8) is 0 Å². The molecule has 0 unspecified atom stereocenters. The van der Waals surface area contributed by atoms with E-state index < -0.39 is 10.0 Å². The van der Waals surface area contributed by atoms with Gasteiger partial charge in [0.15, 0.2) is 5.03 Å². The molecule has 0 saturated heterocycles. The molecule has 7 heteroatoms. The zero-order chi connectivity index (χ0) is 12.9. The second-order valence-corrected chi connectivity index (χ2v) is 5.38. The Bertz CT molecular complexity index is 453. The molecule has 1 aromatic rings. The Balaban J connectivity index is 2.69. The van der Waals surface area contributed by atoms with Crippen LogP contribution in [0.2, 0.25) is 0 Å². The predicted molar refractivity (Wildman–Crippen MR) is 66.4 cm³/mol. The first-order chi connectivity index (χ1) is 8.01. The summed E-state index contributed by atoms with van der Waals surface area (Å²) in [7, 11) is -3.47. The number of sulfonamides is 1. The first kappa shape index (κ1) is 14.1. The third-order valence-corrected chi connectivity index (χ3v) is 3.75. The van der Waals surface area contributed by atoms with Gasteiger partial charge in [-0.25, -0.2) is 18.1 Å². The zero-order valence-corrected chi connectivity index (χ0v) is 11.3. The number of rotatable bonds is 7. The molecule has 0 spiro atoms. The van der Waals surface area contributed by atoms with E-state index >= 15 is 0 Å². The quantitative estimate of drug-likeness (QED) is 0.682.